The Balaban J connectivity index is 2.07. The smallest absolute Gasteiger partial charge is 0.132 e. The molecule has 18 heavy (non-hydrogen) atoms. The Kier molecular flexibility index (Phi) is 4.17. The number of rotatable bonds is 3. The van der Waals surface area contributed by atoms with Crippen molar-refractivity contribution >= 4 is 5.82 Å². The summed E-state index contributed by atoms with van der Waals surface area (Å²) in [6, 6.07) is 2.40. The summed E-state index contributed by atoms with van der Waals surface area (Å²) in [6.45, 7) is 8.38. The van der Waals surface area contributed by atoms with E-state index in [1.54, 1.807) is 0 Å². The maximum Gasteiger partial charge on any atom is 0.132 e. The molecule has 1 saturated heterocycles. The fourth-order valence-electron chi connectivity index (χ4n) is 2.59. The molecule has 1 aliphatic rings. The second kappa shape index (κ2) is 5.65. The molecule has 1 fully saturated rings. The molecule has 100 valence electrons. The second-order valence-electron chi connectivity index (χ2n) is 5.32. The van der Waals surface area contributed by atoms with Gasteiger partial charge >= 0.3 is 0 Å². The number of nitrogens with zero attached hydrogens (tertiary/aromatic N) is 3. The van der Waals surface area contributed by atoms with Crippen LogP contribution in [0.3, 0.4) is 0 Å². The molecule has 1 aromatic rings. The number of hydrogen-bond donors (Lipinski definition) is 1. The SMILES string of the molecule is CCc1nc(C)cc(N2CCC(C(C)N)CC2)n1. The minimum absolute atomic E-state index is 0.311. The van der Waals surface area contributed by atoms with E-state index in [-0.39, 0.29) is 0 Å². The van der Waals surface area contributed by atoms with Crippen molar-refractivity contribution in [2.75, 3.05) is 18.0 Å². The summed E-state index contributed by atoms with van der Waals surface area (Å²) >= 11 is 0. The van der Waals surface area contributed by atoms with E-state index in [1.807, 2.05) is 6.92 Å². The number of piperidine rings is 1. The Morgan fingerprint density at radius 1 is 1.39 bits per heavy atom. The zero-order valence-corrected chi connectivity index (χ0v) is 11.7. The van der Waals surface area contributed by atoms with Gasteiger partial charge in [0.05, 0.1) is 0 Å². The molecule has 0 saturated carbocycles. The fourth-order valence-corrected chi connectivity index (χ4v) is 2.59. The van der Waals surface area contributed by atoms with Gasteiger partial charge in [-0.3, -0.25) is 0 Å². The van der Waals surface area contributed by atoms with Crippen molar-refractivity contribution in [3.8, 4) is 0 Å². The molecule has 2 rings (SSSR count). The average molecular weight is 248 g/mol. The average Bonchev–Trinajstić information content (AvgIpc) is 2.38. The van der Waals surface area contributed by atoms with Gasteiger partial charge in [-0.2, -0.15) is 0 Å². The minimum atomic E-state index is 0.311. The van der Waals surface area contributed by atoms with Gasteiger partial charge in [0.15, 0.2) is 0 Å². The third kappa shape index (κ3) is 2.99. The van der Waals surface area contributed by atoms with Crippen molar-refractivity contribution < 1.29 is 0 Å². The molecule has 0 aliphatic carbocycles. The van der Waals surface area contributed by atoms with Crippen LogP contribution in [-0.4, -0.2) is 29.1 Å². The van der Waals surface area contributed by atoms with E-state index in [0.29, 0.717) is 12.0 Å². The molecule has 4 heteroatoms. The summed E-state index contributed by atoms with van der Waals surface area (Å²) in [5, 5.41) is 0. The molecule has 1 aliphatic heterocycles. The molecule has 1 unspecified atom stereocenters. The highest BCUT2D eigenvalue weighted by Crippen LogP contribution is 2.23. The van der Waals surface area contributed by atoms with Crippen LogP contribution in [0.5, 0.6) is 0 Å². The lowest BCUT2D eigenvalue weighted by molar-refractivity contribution is 0.353. The normalized spacial score (nSPS) is 19.0. The van der Waals surface area contributed by atoms with E-state index in [4.69, 9.17) is 5.73 Å². The maximum absolute atomic E-state index is 5.98. The number of nitrogens with two attached hydrogens (primary N) is 1. The van der Waals surface area contributed by atoms with Gasteiger partial charge in [-0.05, 0) is 32.6 Å². The van der Waals surface area contributed by atoms with Crippen molar-refractivity contribution in [1.29, 1.82) is 0 Å². The van der Waals surface area contributed by atoms with Gasteiger partial charge in [-0.15, -0.1) is 0 Å². The third-order valence-electron chi connectivity index (χ3n) is 3.81. The Bertz CT molecular complexity index is 395. The van der Waals surface area contributed by atoms with Crippen LogP contribution >= 0.6 is 0 Å². The Hall–Kier alpha value is -1.16. The number of aryl methyl sites for hydroxylation is 2. The van der Waals surface area contributed by atoms with Crippen molar-refractivity contribution in [1.82, 2.24) is 9.97 Å². The lowest BCUT2D eigenvalue weighted by Gasteiger charge is -2.34. The predicted octanol–water partition coefficient (Wildman–Crippen LogP) is 1.91. The monoisotopic (exact) mass is 248 g/mol. The van der Waals surface area contributed by atoms with Gasteiger partial charge in [-0.25, -0.2) is 9.97 Å². The van der Waals surface area contributed by atoms with Crippen LogP contribution in [0.15, 0.2) is 6.07 Å². The van der Waals surface area contributed by atoms with Crippen molar-refractivity contribution in [3.63, 3.8) is 0 Å². The van der Waals surface area contributed by atoms with Crippen LogP contribution in [-0.2, 0) is 6.42 Å². The van der Waals surface area contributed by atoms with Gasteiger partial charge in [0.25, 0.3) is 0 Å². The molecule has 2 N–H and O–H groups in total. The number of aromatic nitrogens is 2. The van der Waals surface area contributed by atoms with Crippen LogP contribution in [0.25, 0.3) is 0 Å². The largest absolute Gasteiger partial charge is 0.356 e. The highest BCUT2D eigenvalue weighted by Gasteiger charge is 2.22. The zero-order valence-electron chi connectivity index (χ0n) is 11.7. The van der Waals surface area contributed by atoms with E-state index in [9.17, 15) is 0 Å². The number of anilines is 1. The lowest BCUT2D eigenvalue weighted by atomic mass is 9.91. The van der Waals surface area contributed by atoms with E-state index < -0.39 is 0 Å². The highest BCUT2D eigenvalue weighted by molar-refractivity contribution is 5.40. The summed E-state index contributed by atoms with van der Waals surface area (Å²) in [4.78, 5) is 11.4. The molecule has 0 aromatic carbocycles. The Labute approximate surface area is 110 Å². The molecule has 2 heterocycles. The summed E-state index contributed by atoms with van der Waals surface area (Å²) in [6.07, 6.45) is 3.23. The van der Waals surface area contributed by atoms with Crippen molar-refractivity contribution in [3.05, 3.63) is 17.6 Å². The fraction of sp³-hybridized carbons (Fsp3) is 0.714. The third-order valence-corrected chi connectivity index (χ3v) is 3.81. The summed E-state index contributed by atoms with van der Waals surface area (Å²) in [5.41, 5.74) is 7.04. The first-order valence-corrected chi connectivity index (χ1v) is 6.95. The first-order valence-electron chi connectivity index (χ1n) is 6.95. The van der Waals surface area contributed by atoms with E-state index in [2.05, 4.69) is 34.8 Å². The quantitative estimate of drug-likeness (QED) is 0.888. The van der Waals surface area contributed by atoms with Crippen LogP contribution in [0.2, 0.25) is 0 Å². The predicted molar refractivity (Wildman–Crippen MR) is 74.7 cm³/mol. The molecular formula is C14H24N4. The lowest BCUT2D eigenvalue weighted by Crippen LogP contribution is -2.40. The molecular weight excluding hydrogens is 224 g/mol. The standard InChI is InChI=1S/C14H24N4/c1-4-13-16-10(2)9-14(17-13)18-7-5-12(6-8-18)11(3)15/h9,11-12H,4-8,15H2,1-3H3. The Morgan fingerprint density at radius 3 is 2.61 bits per heavy atom. The van der Waals surface area contributed by atoms with E-state index >= 15 is 0 Å². The molecule has 1 atom stereocenters. The van der Waals surface area contributed by atoms with Gasteiger partial charge in [-0.1, -0.05) is 6.92 Å². The molecule has 0 amide bonds. The van der Waals surface area contributed by atoms with Crippen LogP contribution in [0.1, 0.15) is 38.2 Å². The second-order valence-corrected chi connectivity index (χ2v) is 5.32. The first-order chi connectivity index (χ1) is 8.60. The van der Waals surface area contributed by atoms with Gasteiger partial charge in [0.2, 0.25) is 0 Å². The first kappa shape index (κ1) is 13.3. The topological polar surface area (TPSA) is 55.0 Å². The van der Waals surface area contributed by atoms with Gasteiger partial charge in [0, 0.05) is 37.3 Å². The summed E-state index contributed by atoms with van der Waals surface area (Å²) < 4.78 is 0. The maximum atomic E-state index is 5.98. The van der Waals surface area contributed by atoms with Crippen molar-refractivity contribution in [2.45, 2.75) is 46.1 Å². The summed E-state index contributed by atoms with van der Waals surface area (Å²) in [7, 11) is 0. The van der Waals surface area contributed by atoms with Crippen LogP contribution in [0, 0.1) is 12.8 Å². The molecule has 4 nitrogen and oxygen atoms in total. The molecule has 0 bridgehead atoms. The molecule has 0 radical (unpaired) electrons. The minimum Gasteiger partial charge on any atom is -0.356 e. The molecule has 0 spiro atoms. The van der Waals surface area contributed by atoms with Gasteiger partial charge < -0.3 is 10.6 Å². The van der Waals surface area contributed by atoms with E-state index in [1.165, 1.54) is 12.8 Å². The zero-order chi connectivity index (χ0) is 13.1. The van der Waals surface area contributed by atoms with Crippen LogP contribution < -0.4 is 10.6 Å². The number of hydrogen-bond acceptors (Lipinski definition) is 4. The van der Waals surface area contributed by atoms with Crippen LogP contribution in [0.4, 0.5) is 5.82 Å². The van der Waals surface area contributed by atoms with E-state index in [0.717, 1.165) is 36.8 Å². The Morgan fingerprint density at radius 2 is 2.06 bits per heavy atom. The summed E-state index contributed by atoms with van der Waals surface area (Å²) in [5.74, 6) is 2.69. The highest BCUT2D eigenvalue weighted by atomic mass is 15.2. The van der Waals surface area contributed by atoms with Crippen molar-refractivity contribution in [2.24, 2.45) is 11.7 Å². The molecule has 1 aromatic heterocycles. The van der Waals surface area contributed by atoms with Gasteiger partial charge in [0.1, 0.15) is 11.6 Å².